The van der Waals surface area contributed by atoms with Gasteiger partial charge in [-0.05, 0) is 38.1 Å². The van der Waals surface area contributed by atoms with E-state index in [0.717, 1.165) is 18.2 Å². The van der Waals surface area contributed by atoms with Crippen molar-refractivity contribution in [2.75, 3.05) is 12.4 Å². The van der Waals surface area contributed by atoms with E-state index >= 15 is 0 Å². The number of rotatable bonds is 6. The van der Waals surface area contributed by atoms with Crippen molar-refractivity contribution in [1.29, 1.82) is 0 Å². The monoisotopic (exact) mass is 367 g/mol. The van der Waals surface area contributed by atoms with E-state index < -0.39 is 21.7 Å². The first-order valence-electron chi connectivity index (χ1n) is 7.36. The first-order valence-corrected chi connectivity index (χ1v) is 8.84. The fourth-order valence-corrected chi connectivity index (χ4v) is 3.27. The highest BCUT2D eigenvalue weighted by Crippen LogP contribution is 2.18. The summed E-state index contributed by atoms with van der Waals surface area (Å²) in [5.74, 6) is -1.26. The van der Waals surface area contributed by atoms with Crippen molar-refractivity contribution < 1.29 is 22.3 Å². The number of hydrogen-bond donors (Lipinski definition) is 2. The number of hydrogen-bond acceptors (Lipinski definition) is 5. The number of halogens is 1. The van der Waals surface area contributed by atoms with E-state index in [4.69, 9.17) is 4.74 Å². The van der Waals surface area contributed by atoms with E-state index in [1.807, 2.05) is 0 Å². The molecule has 9 heteroatoms. The summed E-state index contributed by atoms with van der Waals surface area (Å²) in [6.07, 6.45) is 1.34. The van der Waals surface area contributed by atoms with Gasteiger partial charge in [0, 0.05) is 12.1 Å². The molecule has 0 saturated heterocycles. The Balaban J connectivity index is 2.28. The van der Waals surface area contributed by atoms with Crippen molar-refractivity contribution in [1.82, 2.24) is 9.71 Å². The van der Waals surface area contributed by atoms with E-state index in [0.29, 0.717) is 11.6 Å². The summed E-state index contributed by atoms with van der Waals surface area (Å²) >= 11 is 0. The van der Waals surface area contributed by atoms with Gasteiger partial charge >= 0.3 is 0 Å². The zero-order valence-electron chi connectivity index (χ0n) is 13.9. The van der Waals surface area contributed by atoms with Crippen LogP contribution >= 0.6 is 0 Å². The van der Waals surface area contributed by atoms with Crippen LogP contribution in [0.4, 0.5) is 10.1 Å². The van der Waals surface area contributed by atoms with E-state index in [1.54, 1.807) is 13.8 Å². The third-order valence-electron chi connectivity index (χ3n) is 3.09. The Labute approximate surface area is 145 Å². The zero-order valence-corrected chi connectivity index (χ0v) is 14.7. The molecule has 1 heterocycles. The summed E-state index contributed by atoms with van der Waals surface area (Å²) < 4.78 is 45.6. The normalized spacial score (nSPS) is 11.4. The molecule has 2 N–H and O–H groups in total. The average Bonchev–Trinajstić information content (AvgIpc) is 2.54. The number of aromatic nitrogens is 1. The average molecular weight is 367 g/mol. The van der Waals surface area contributed by atoms with Gasteiger partial charge in [-0.15, -0.1) is 0 Å². The fourth-order valence-electron chi connectivity index (χ4n) is 2.00. The van der Waals surface area contributed by atoms with Crippen LogP contribution in [-0.4, -0.2) is 32.5 Å². The van der Waals surface area contributed by atoms with E-state index in [9.17, 15) is 17.6 Å². The molecule has 134 valence electrons. The summed E-state index contributed by atoms with van der Waals surface area (Å²) in [5.41, 5.74) is -0.0683. The quantitative estimate of drug-likeness (QED) is 0.815. The number of sulfonamides is 1. The van der Waals surface area contributed by atoms with Crippen LogP contribution in [-0.2, 0) is 10.0 Å². The smallest absolute Gasteiger partial charge is 0.258 e. The number of amides is 1. The third-order valence-corrected chi connectivity index (χ3v) is 4.74. The van der Waals surface area contributed by atoms with Crippen molar-refractivity contribution in [2.24, 2.45) is 0 Å². The highest BCUT2D eigenvalue weighted by molar-refractivity contribution is 7.89. The van der Waals surface area contributed by atoms with Crippen LogP contribution in [0.15, 0.2) is 41.4 Å². The maximum atomic E-state index is 14.0. The van der Waals surface area contributed by atoms with Crippen molar-refractivity contribution in [3.63, 3.8) is 0 Å². The van der Waals surface area contributed by atoms with Gasteiger partial charge in [-0.1, -0.05) is 0 Å². The zero-order chi connectivity index (χ0) is 18.6. The molecule has 0 fully saturated rings. The lowest BCUT2D eigenvalue weighted by Crippen LogP contribution is -2.30. The molecule has 0 radical (unpaired) electrons. The van der Waals surface area contributed by atoms with Gasteiger partial charge in [-0.3, -0.25) is 4.79 Å². The maximum absolute atomic E-state index is 14.0. The number of methoxy groups -OCH3 is 1. The van der Waals surface area contributed by atoms with Gasteiger partial charge in [0.2, 0.25) is 15.9 Å². The number of carbonyl (C=O) groups is 1. The molecule has 0 saturated carbocycles. The molecule has 0 aliphatic carbocycles. The topological polar surface area (TPSA) is 97.4 Å². The molecule has 1 aromatic carbocycles. The summed E-state index contributed by atoms with van der Waals surface area (Å²) in [5, 5.41) is 2.46. The highest BCUT2D eigenvalue weighted by atomic mass is 32.2. The van der Waals surface area contributed by atoms with Crippen molar-refractivity contribution >= 4 is 21.6 Å². The van der Waals surface area contributed by atoms with Crippen LogP contribution in [0.3, 0.4) is 0 Å². The second-order valence-electron chi connectivity index (χ2n) is 5.46. The van der Waals surface area contributed by atoms with Gasteiger partial charge < -0.3 is 10.1 Å². The van der Waals surface area contributed by atoms with Crippen LogP contribution in [0.25, 0.3) is 0 Å². The van der Waals surface area contributed by atoms with E-state index in [2.05, 4.69) is 15.0 Å². The lowest BCUT2D eigenvalue weighted by atomic mass is 10.2. The predicted octanol–water partition coefficient (Wildman–Crippen LogP) is 2.17. The molecule has 1 amide bonds. The second-order valence-corrected chi connectivity index (χ2v) is 7.17. The molecule has 2 rings (SSSR count). The Morgan fingerprint density at radius 2 is 1.96 bits per heavy atom. The summed E-state index contributed by atoms with van der Waals surface area (Å²) in [7, 11) is -2.39. The number of pyridine rings is 1. The van der Waals surface area contributed by atoms with Gasteiger partial charge in [0.05, 0.1) is 29.5 Å². The largest absolute Gasteiger partial charge is 0.481 e. The standard InChI is InChI=1S/C16H18FN3O4S/c1-10(2)20-25(22,23)12-5-6-14(17)13(8-12)16(21)19-11-4-7-15(24-3)18-9-11/h4-10,20H,1-3H3,(H,19,21). The Bertz CT molecular complexity index is 867. The minimum Gasteiger partial charge on any atom is -0.481 e. The van der Waals surface area contributed by atoms with E-state index in [-0.39, 0.29) is 16.5 Å². The molecule has 0 unspecified atom stereocenters. The predicted molar refractivity (Wildman–Crippen MR) is 90.6 cm³/mol. The molecule has 7 nitrogen and oxygen atoms in total. The Hall–Kier alpha value is -2.52. The number of benzene rings is 1. The van der Waals surface area contributed by atoms with Crippen LogP contribution < -0.4 is 14.8 Å². The Kier molecular flexibility index (Phi) is 5.70. The molecule has 0 bridgehead atoms. The van der Waals surface area contributed by atoms with Crippen LogP contribution in [0, 0.1) is 5.82 Å². The number of ether oxygens (including phenoxy) is 1. The molecule has 1 aromatic heterocycles. The van der Waals surface area contributed by atoms with Gasteiger partial charge in [0.15, 0.2) is 0 Å². The SMILES string of the molecule is COc1ccc(NC(=O)c2cc(S(=O)(=O)NC(C)C)ccc2F)cn1. The van der Waals surface area contributed by atoms with Crippen molar-refractivity contribution in [3.8, 4) is 5.88 Å². The molecule has 25 heavy (non-hydrogen) atoms. The lowest BCUT2D eigenvalue weighted by Gasteiger charge is -2.11. The van der Waals surface area contributed by atoms with Crippen molar-refractivity contribution in [2.45, 2.75) is 24.8 Å². The Morgan fingerprint density at radius 1 is 1.24 bits per heavy atom. The van der Waals surface area contributed by atoms with E-state index in [1.165, 1.54) is 25.4 Å². The third kappa shape index (κ3) is 4.74. The summed E-state index contributed by atoms with van der Waals surface area (Å²) in [6, 6.07) is 5.76. The molecule has 0 aliphatic heterocycles. The minimum atomic E-state index is -3.84. The first-order chi connectivity index (χ1) is 11.7. The number of carbonyl (C=O) groups excluding carboxylic acids is 1. The highest BCUT2D eigenvalue weighted by Gasteiger charge is 2.20. The van der Waals surface area contributed by atoms with Gasteiger partial charge in [-0.2, -0.15) is 0 Å². The second kappa shape index (κ2) is 7.58. The summed E-state index contributed by atoms with van der Waals surface area (Å²) in [4.78, 5) is 16.0. The van der Waals surface area contributed by atoms with Gasteiger partial charge in [-0.25, -0.2) is 22.5 Å². The molecular formula is C16H18FN3O4S. The van der Waals surface area contributed by atoms with Crippen LogP contribution in [0.1, 0.15) is 24.2 Å². The number of nitrogens with one attached hydrogen (secondary N) is 2. The van der Waals surface area contributed by atoms with Crippen molar-refractivity contribution in [3.05, 3.63) is 47.9 Å². The van der Waals surface area contributed by atoms with Crippen LogP contribution in [0.2, 0.25) is 0 Å². The summed E-state index contributed by atoms with van der Waals surface area (Å²) in [6.45, 7) is 3.32. The van der Waals surface area contributed by atoms with Gasteiger partial charge in [0.25, 0.3) is 5.91 Å². The molecule has 0 spiro atoms. The maximum Gasteiger partial charge on any atom is 0.258 e. The molecular weight excluding hydrogens is 349 g/mol. The van der Waals surface area contributed by atoms with Gasteiger partial charge in [0.1, 0.15) is 5.82 Å². The molecule has 2 aromatic rings. The molecule has 0 aliphatic rings. The fraction of sp³-hybridized carbons (Fsp3) is 0.250. The Morgan fingerprint density at radius 3 is 2.52 bits per heavy atom. The molecule has 0 atom stereocenters. The lowest BCUT2D eigenvalue weighted by molar-refractivity contribution is 0.102. The van der Waals surface area contributed by atoms with Crippen LogP contribution in [0.5, 0.6) is 5.88 Å². The number of anilines is 1. The number of nitrogens with zero attached hydrogens (tertiary/aromatic N) is 1. The first kappa shape index (κ1) is 18.8. The minimum absolute atomic E-state index is 0.194.